The Balaban J connectivity index is 2.75. The summed E-state index contributed by atoms with van der Waals surface area (Å²) in [5.74, 6) is 4.72. The molecule has 2 nitrogen and oxygen atoms in total. The third-order valence-electron chi connectivity index (χ3n) is 0.648. The van der Waals surface area contributed by atoms with Crippen molar-refractivity contribution in [3.05, 3.63) is 6.92 Å². The van der Waals surface area contributed by atoms with Crippen molar-refractivity contribution >= 4 is 0 Å². The molecule has 0 aromatic heterocycles. The van der Waals surface area contributed by atoms with Gasteiger partial charge < -0.3 is 4.84 Å². The Bertz CT molecular complexity index is 26.7. The van der Waals surface area contributed by atoms with E-state index in [1.165, 1.54) is 0 Å². The van der Waals surface area contributed by atoms with Crippen LogP contribution in [0.4, 0.5) is 0 Å². The van der Waals surface area contributed by atoms with Gasteiger partial charge >= 0.3 is 0 Å². The molecule has 0 rings (SSSR count). The van der Waals surface area contributed by atoms with Gasteiger partial charge in [0.15, 0.2) is 0 Å². The normalized spacial score (nSPS) is 14.5. The number of hydrogen-bond acceptors (Lipinski definition) is 2. The maximum absolute atomic E-state index is 4.72. The lowest BCUT2D eigenvalue weighted by molar-refractivity contribution is 0.0822. The number of rotatable bonds is 2. The quantitative estimate of drug-likeness (QED) is 0.498. The van der Waals surface area contributed by atoms with Gasteiger partial charge in [0, 0.05) is 0 Å². The molecule has 0 aliphatic carbocycles. The van der Waals surface area contributed by atoms with Crippen LogP contribution in [0.2, 0.25) is 0 Å². The van der Waals surface area contributed by atoms with E-state index in [9.17, 15) is 0 Å². The third-order valence-corrected chi connectivity index (χ3v) is 0.648. The Labute approximate surface area is 38.2 Å². The van der Waals surface area contributed by atoms with Crippen molar-refractivity contribution in [1.29, 1.82) is 0 Å². The molecule has 0 aliphatic rings. The van der Waals surface area contributed by atoms with E-state index >= 15 is 0 Å². The van der Waals surface area contributed by atoms with Crippen LogP contribution >= 0.6 is 0 Å². The molecule has 0 saturated heterocycles. The van der Waals surface area contributed by atoms with Gasteiger partial charge in [-0.1, -0.05) is 6.92 Å². The molecule has 6 heavy (non-hydrogen) atoms. The largest absolute Gasteiger partial charge is 0.301 e. The van der Waals surface area contributed by atoms with E-state index in [0.29, 0.717) is 0 Å². The third kappa shape index (κ3) is 2.18. The first-order chi connectivity index (χ1) is 2.81. The molecule has 2 N–H and O–H groups in total. The number of nitrogens with two attached hydrogens (primary N) is 1. The van der Waals surface area contributed by atoms with Crippen molar-refractivity contribution in [2.24, 2.45) is 5.90 Å². The summed E-state index contributed by atoms with van der Waals surface area (Å²) in [5, 5.41) is 0. The van der Waals surface area contributed by atoms with Crippen molar-refractivity contribution in [1.82, 2.24) is 0 Å². The predicted molar refractivity (Wildman–Crippen MR) is 24.7 cm³/mol. The summed E-state index contributed by atoms with van der Waals surface area (Å²) in [6, 6.07) is 0. The van der Waals surface area contributed by atoms with E-state index in [-0.39, 0.29) is 6.10 Å². The Kier molecular flexibility index (Phi) is 3.08. The smallest absolute Gasteiger partial charge is 0.0785 e. The Morgan fingerprint density at radius 1 is 2.00 bits per heavy atom. The summed E-state index contributed by atoms with van der Waals surface area (Å²) in [6.45, 7) is 5.49. The van der Waals surface area contributed by atoms with Crippen LogP contribution in [-0.2, 0) is 4.84 Å². The minimum atomic E-state index is -0.0370. The van der Waals surface area contributed by atoms with Crippen LogP contribution in [-0.4, -0.2) is 6.10 Å². The molecule has 1 radical (unpaired) electrons. The molecule has 0 aromatic rings. The van der Waals surface area contributed by atoms with Gasteiger partial charge in [-0.15, -0.1) is 0 Å². The maximum Gasteiger partial charge on any atom is 0.0785 e. The van der Waals surface area contributed by atoms with Gasteiger partial charge in [0.2, 0.25) is 0 Å². The van der Waals surface area contributed by atoms with Gasteiger partial charge in [0.25, 0.3) is 0 Å². The molecule has 2 heteroatoms. The zero-order valence-electron chi connectivity index (χ0n) is 3.98. The first-order valence-electron chi connectivity index (χ1n) is 2.00. The predicted octanol–water partition coefficient (Wildman–Crippen LogP) is 0.489. The van der Waals surface area contributed by atoms with E-state index in [4.69, 9.17) is 5.90 Å². The zero-order chi connectivity index (χ0) is 4.99. The van der Waals surface area contributed by atoms with E-state index in [1.807, 2.05) is 6.92 Å². The Hall–Kier alpha value is -0.0800. The van der Waals surface area contributed by atoms with Gasteiger partial charge in [-0.3, -0.25) is 0 Å². The highest BCUT2D eigenvalue weighted by molar-refractivity contribution is 4.52. The summed E-state index contributed by atoms with van der Waals surface area (Å²) >= 11 is 0. The van der Waals surface area contributed by atoms with Crippen molar-refractivity contribution < 1.29 is 4.84 Å². The van der Waals surface area contributed by atoms with Crippen LogP contribution in [0, 0.1) is 6.92 Å². The van der Waals surface area contributed by atoms with Gasteiger partial charge in [-0.05, 0) is 13.3 Å². The van der Waals surface area contributed by atoms with Crippen LogP contribution in [0.3, 0.4) is 0 Å². The molecule has 0 saturated carbocycles. The Morgan fingerprint density at radius 2 is 2.50 bits per heavy atom. The lowest BCUT2D eigenvalue weighted by Gasteiger charge is -2.00. The second kappa shape index (κ2) is 3.12. The highest BCUT2D eigenvalue weighted by Crippen LogP contribution is 1.87. The SMILES string of the molecule is [CH2]C(CC)ON. The summed E-state index contributed by atoms with van der Waals surface area (Å²) in [6.07, 6.45) is 0.834. The van der Waals surface area contributed by atoms with Crippen molar-refractivity contribution in [3.63, 3.8) is 0 Å². The zero-order valence-corrected chi connectivity index (χ0v) is 3.98. The van der Waals surface area contributed by atoms with Crippen LogP contribution < -0.4 is 5.90 Å². The lowest BCUT2D eigenvalue weighted by atomic mass is 10.3. The molecule has 0 aliphatic heterocycles. The molecule has 0 bridgehead atoms. The van der Waals surface area contributed by atoms with Crippen molar-refractivity contribution in [2.75, 3.05) is 0 Å². The summed E-state index contributed by atoms with van der Waals surface area (Å²) < 4.78 is 0. The second-order valence-electron chi connectivity index (χ2n) is 1.17. The second-order valence-corrected chi connectivity index (χ2v) is 1.17. The van der Waals surface area contributed by atoms with Gasteiger partial charge in [0.1, 0.15) is 0 Å². The van der Waals surface area contributed by atoms with Crippen molar-refractivity contribution in [3.8, 4) is 0 Å². The summed E-state index contributed by atoms with van der Waals surface area (Å²) in [5.41, 5.74) is 0. The first kappa shape index (κ1) is 5.92. The summed E-state index contributed by atoms with van der Waals surface area (Å²) in [7, 11) is 0. The molecule has 0 spiro atoms. The minimum Gasteiger partial charge on any atom is -0.301 e. The van der Waals surface area contributed by atoms with E-state index < -0.39 is 0 Å². The van der Waals surface area contributed by atoms with Gasteiger partial charge in [0.05, 0.1) is 6.10 Å². The molecule has 1 atom stereocenters. The van der Waals surface area contributed by atoms with Crippen LogP contribution in [0.25, 0.3) is 0 Å². The fourth-order valence-corrected chi connectivity index (χ4v) is 0.0962. The lowest BCUT2D eigenvalue weighted by Crippen LogP contribution is -2.11. The molecule has 1 unspecified atom stereocenters. The fraction of sp³-hybridized carbons (Fsp3) is 0.750. The van der Waals surface area contributed by atoms with E-state index in [1.54, 1.807) is 0 Å². The maximum atomic E-state index is 4.72. The highest BCUT2D eigenvalue weighted by Gasteiger charge is 1.89. The fourth-order valence-electron chi connectivity index (χ4n) is 0.0962. The van der Waals surface area contributed by atoms with Crippen LogP contribution in [0.5, 0.6) is 0 Å². The molecule has 0 fully saturated rings. The van der Waals surface area contributed by atoms with Crippen LogP contribution in [0.1, 0.15) is 13.3 Å². The average Bonchev–Trinajstić information content (AvgIpc) is 1.65. The molecule has 0 amide bonds. The summed E-state index contributed by atoms with van der Waals surface area (Å²) in [4.78, 5) is 4.29. The van der Waals surface area contributed by atoms with Gasteiger partial charge in [-0.2, -0.15) is 0 Å². The average molecular weight is 88.1 g/mol. The topological polar surface area (TPSA) is 35.2 Å². The molecular weight excluding hydrogens is 78.0 g/mol. The van der Waals surface area contributed by atoms with Gasteiger partial charge in [-0.25, -0.2) is 5.90 Å². The monoisotopic (exact) mass is 88.1 g/mol. The van der Waals surface area contributed by atoms with E-state index in [2.05, 4.69) is 11.8 Å². The van der Waals surface area contributed by atoms with Crippen molar-refractivity contribution in [2.45, 2.75) is 19.4 Å². The van der Waals surface area contributed by atoms with Crippen LogP contribution in [0.15, 0.2) is 0 Å². The standard InChI is InChI=1S/C4H10NO/c1-3-4(2)6-5/h4H,2-3,5H2,1H3. The Morgan fingerprint density at radius 3 is 2.50 bits per heavy atom. The van der Waals surface area contributed by atoms with E-state index in [0.717, 1.165) is 6.42 Å². The minimum absolute atomic E-state index is 0.0370. The molecule has 0 heterocycles. The molecular formula is C4H10NO. The molecule has 37 valence electrons. The highest BCUT2D eigenvalue weighted by atomic mass is 16.6. The molecule has 0 aromatic carbocycles. The first-order valence-corrected chi connectivity index (χ1v) is 2.00. The number of hydrogen-bond donors (Lipinski definition) is 1.